The molecule has 1 atom stereocenters. The fourth-order valence-electron chi connectivity index (χ4n) is 3.40. The van der Waals surface area contributed by atoms with Crippen molar-refractivity contribution >= 4 is 11.8 Å². The molecular weight excluding hydrogens is 310 g/mol. The molecule has 2 saturated heterocycles. The third-order valence-electron chi connectivity index (χ3n) is 4.74. The van der Waals surface area contributed by atoms with Crippen molar-refractivity contribution in [2.45, 2.75) is 26.0 Å². The van der Waals surface area contributed by atoms with Crippen molar-refractivity contribution < 1.29 is 14.7 Å². The first kappa shape index (κ1) is 16.9. The molecule has 1 N–H and O–H groups in total. The van der Waals surface area contributed by atoms with Gasteiger partial charge < -0.3 is 14.9 Å². The highest BCUT2D eigenvalue weighted by Gasteiger charge is 2.30. The van der Waals surface area contributed by atoms with E-state index in [4.69, 9.17) is 0 Å². The van der Waals surface area contributed by atoms with Gasteiger partial charge in [0.1, 0.15) is 6.54 Å². The van der Waals surface area contributed by atoms with Crippen molar-refractivity contribution in [1.29, 1.82) is 0 Å². The molecule has 0 saturated carbocycles. The number of aliphatic hydroxyl groups is 1. The Balaban J connectivity index is 1.72. The van der Waals surface area contributed by atoms with Gasteiger partial charge in [-0.25, -0.2) is 0 Å². The summed E-state index contributed by atoms with van der Waals surface area (Å²) in [7, 11) is 1.79. The largest absolute Gasteiger partial charge is 0.392 e. The van der Waals surface area contributed by atoms with Gasteiger partial charge in [-0.05, 0) is 13.3 Å². The fraction of sp³-hybridized carbons (Fsp3) is 0.688. The molecule has 3 heterocycles. The van der Waals surface area contributed by atoms with Gasteiger partial charge in [0, 0.05) is 58.1 Å². The second-order valence-electron chi connectivity index (χ2n) is 6.55. The summed E-state index contributed by atoms with van der Waals surface area (Å²) in [5, 5.41) is 14.0. The highest BCUT2D eigenvalue weighted by atomic mass is 16.3. The predicted octanol–water partition coefficient (Wildman–Crippen LogP) is -0.709. The Bertz CT molecular complexity index is 629. The summed E-state index contributed by atoms with van der Waals surface area (Å²) in [5.41, 5.74) is 1.26. The highest BCUT2D eigenvalue weighted by molar-refractivity contribution is 5.96. The van der Waals surface area contributed by atoms with Gasteiger partial charge in [0.25, 0.3) is 5.91 Å². The molecule has 0 radical (unpaired) electrons. The molecule has 0 aromatic carbocycles. The zero-order valence-corrected chi connectivity index (χ0v) is 14.3. The number of carbonyl (C=O) groups excluding carboxylic acids is 2. The normalized spacial score (nSPS) is 22.5. The summed E-state index contributed by atoms with van der Waals surface area (Å²) < 4.78 is 1.64. The number of β-amino-alcohol motifs (C(OH)–C–C–N with tert-alkyl or cyclic N) is 1. The Morgan fingerprint density at radius 2 is 2.17 bits per heavy atom. The lowest BCUT2D eigenvalue weighted by molar-refractivity contribution is -0.134. The number of hydrogen-bond donors (Lipinski definition) is 1. The Hall–Kier alpha value is -1.93. The number of aliphatic hydroxyl groups excluding tert-OH is 1. The molecule has 24 heavy (non-hydrogen) atoms. The number of carbonyl (C=O) groups is 2. The SMILES string of the molecule is CCN1CCN(C(=O)c2nn(C)cc2CN2CCC(O)C2)CC1=O. The number of likely N-dealkylation sites (tertiary alicyclic amines) is 1. The van der Waals surface area contributed by atoms with Gasteiger partial charge in [0.05, 0.1) is 6.10 Å². The van der Waals surface area contributed by atoms with Crippen molar-refractivity contribution in [2.24, 2.45) is 7.05 Å². The monoisotopic (exact) mass is 335 g/mol. The topological polar surface area (TPSA) is 81.9 Å². The van der Waals surface area contributed by atoms with Crippen LogP contribution in [0.5, 0.6) is 0 Å². The maximum atomic E-state index is 12.8. The van der Waals surface area contributed by atoms with Crippen molar-refractivity contribution in [2.75, 3.05) is 39.3 Å². The van der Waals surface area contributed by atoms with Crippen LogP contribution in [0.4, 0.5) is 0 Å². The maximum Gasteiger partial charge on any atom is 0.275 e. The second-order valence-corrected chi connectivity index (χ2v) is 6.55. The van der Waals surface area contributed by atoms with E-state index < -0.39 is 0 Å². The minimum absolute atomic E-state index is 0.0164. The fourth-order valence-corrected chi connectivity index (χ4v) is 3.40. The van der Waals surface area contributed by atoms with Gasteiger partial charge in [-0.15, -0.1) is 0 Å². The Kier molecular flexibility index (Phi) is 4.86. The molecule has 0 spiro atoms. The molecular formula is C16H25N5O3. The van der Waals surface area contributed by atoms with Crippen molar-refractivity contribution in [3.05, 3.63) is 17.5 Å². The first-order valence-electron chi connectivity index (χ1n) is 8.48. The van der Waals surface area contributed by atoms with Gasteiger partial charge in [-0.1, -0.05) is 0 Å². The van der Waals surface area contributed by atoms with E-state index in [1.54, 1.807) is 21.5 Å². The summed E-state index contributed by atoms with van der Waals surface area (Å²) in [6, 6.07) is 0. The van der Waals surface area contributed by atoms with E-state index in [1.807, 2.05) is 13.1 Å². The van der Waals surface area contributed by atoms with Gasteiger partial charge in [-0.3, -0.25) is 19.2 Å². The van der Waals surface area contributed by atoms with E-state index in [0.29, 0.717) is 38.4 Å². The van der Waals surface area contributed by atoms with Crippen LogP contribution in [0.25, 0.3) is 0 Å². The lowest BCUT2D eigenvalue weighted by Gasteiger charge is -2.33. The molecule has 132 valence electrons. The van der Waals surface area contributed by atoms with Crippen molar-refractivity contribution in [3.63, 3.8) is 0 Å². The summed E-state index contributed by atoms with van der Waals surface area (Å²) in [5.74, 6) is -0.202. The molecule has 0 aliphatic carbocycles. The number of likely N-dealkylation sites (N-methyl/N-ethyl adjacent to an activating group) is 1. The van der Waals surface area contributed by atoms with Crippen LogP contribution in [0.3, 0.4) is 0 Å². The zero-order valence-electron chi connectivity index (χ0n) is 14.3. The molecule has 8 heteroatoms. The standard InChI is InChI=1S/C16H25N5O3/c1-3-20-6-7-21(11-14(20)23)16(24)15-12(8-18(2)17-15)9-19-5-4-13(22)10-19/h8,13,22H,3-7,9-11H2,1-2H3. The Morgan fingerprint density at radius 1 is 1.38 bits per heavy atom. The van der Waals surface area contributed by atoms with E-state index in [2.05, 4.69) is 10.00 Å². The van der Waals surface area contributed by atoms with Crippen molar-refractivity contribution in [1.82, 2.24) is 24.5 Å². The van der Waals surface area contributed by atoms with E-state index in [9.17, 15) is 14.7 Å². The lowest BCUT2D eigenvalue weighted by Crippen LogP contribution is -2.52. The minimum Gasteiger partial charge on any atom is -0.392 e. The summed E-state index contributed by atoms with van der Waals surface area (Å²) in [6.45, 7) is 5.87. The molecule has 1 unspecified atom stereocenters. The number of hydrogen-bond acceptors (Lipinski definition) is 5. The summed E-state index contributed by atoms with van der Waals surface area (Å²) in [4.78, 5) is 30.3. The Morgan fingerprint density at radius 3 is 2.79 bits per heavy atom. The first-order chi connectivity index (χ1) is 11.5. The van der Waals surface area contributed by atoms with E-state index in [0.717, 1.165) is 18.5 Å². The molecule has 3 rings (SSSR count). The number of piperazine rings is 1. The summed E-state index contributed by atoms with van der Waals surface area (Å²) >= 11 is 0. The first-order valence-corrected chi connectivity index (χ1v) is 8.48. The minimum atomic E-state index is -0.291. The molecule has 2 fully saturated rings. The van der Waals surface area contributed by atoms with E-state index in [1.165, 1.54) is 0 Å². The van der Waals surface area contributed by atoms with Gasteiger partial charge >= 0.3 is 0 Å². The number of rotatable bonds is 4. The maximum absolute atomic E-state index is 12.8. The zero-order chi connectivity index (χ0) is 17.3. The highest BCUT2D eigenvalue weighted by Crippen LogP contribution is 2.18. The lowest BCUT2D eigenvalue weighted by atomic mass is 10.2. The van der Waals surface area contributed by atoms with Crippen molar-refractivity contribution in [3.8, 4) is 0 Å². The molecule has 1 aromatic rings. The Labute approximate surface area is 141 Å². The number of aromatic nitrogens is 2. The molecule has 0 bridgehead atoms. The average Bonchev–Trinajstić information content (AvgIpc) is 3.12. The third-order valence-corrected chi connectivity index (χ3v) is 4.74. The second kappa shape index (κ2) is 6.90. The predicted molar refractivity (Wildman–Crippen MR) is 87.3 cm³/mol. The van der Waals surface area contributed by atoms with Crippen LogP contribution in [0, 0.1) is 0 Å². The van der Waals surface area contributed by atoms with Crippen LogP contribution in [0.2, 0.25) is 0 Å². The van der Waals surface area contributed by atoms with Crippen LogP contribution >= 0.6 is 0 Å². The van der Waals surface area contributed by atoms with E-state index >= 15 is 0 Å². The number of amides is 2. The van der Waals surface area contributed by atoms with Crippen LogP contribution in [0.1, 0.15) is 29.4 Å². The van der Waals surface area contributed by atoms with Gasteiger partial charge in [-0.2, -0.15) is 5.10 Å². The third kappa shape index (κ3) is 3.44. The molecule has 2 amide bonds. The number of nitrogens with zero attached hydrogens (tertiary/aromatic N) is 5. The van der Waals surface area contributed by atoms with Crippen LogP contribution in [-0.4, -0.2) is 86.8 Å². The average molecular weight is 335 g/mol. The quantitative estimate of drug-likeness (QED) is 0.786. The van der Waals surface area contributed by atoms with E-state index in [-0.39, 0.29) is 24.5 Å². The number of aryl methyl sites for hydroxylation is 1. The van der Waals surface area contributed by atoms with Gasteiger partial charge in [0.2, 0.25) is 5.91 Å². The van der Waals surface area contributed by atoms with Crippen LogP contribution < -0.4 is 0 Å². The molecule has 8 nitrogen and oxygen atoms in total. The van der Waals surface area contributed by atoms with Crippen LogP contribution in [-0.2, 0) is 18.4 Å². The molecule has 2 aliphatic heterocycles. The smallest absolute Gasteiger partial charge is 0.275 e. The molecule has 1 aromatic heterocycles. The van der Waals surface area contributed by atoms with Gasteiger partial charge in [0.15, 0.2) is 5.69 Å². The summed E-state index contributed by atoms with van der Waals surface area (Å²) in [6.07, 6.45) is 2.32. The van der Waals surface area contributed by atoms with Crippen LogP contribution in [0.15, 0.2) is 6.20 Å². The molecule has 2 aliphatic rings.